The van der Waals surface area contributed by atoms with Crippen LogP contribution in [0.3, 0.4) is 0 Å². The minimum atomic E-state index is -0.764. The van der Waals surface area contributed by atoms with Crippen molar-refractivity contribution in [3.8, 4) is 0 Å². The molecule has 1 aromatic rings. The van der Waals surface area contributed by atoms with Gasteiger partial charge in [-0.15, -0.1) is 0 Å². The van der Waals surface area contributed by atoms with E-state index < -0.39 is 12.1 Å². The molecule has 0 amide bonds. The lowest BCUT2D eigenvalue weighted by atomic mass is 9.89. The number of aliphatic carboxylic acids is 1. The molecule has 3 aliphatic rings. The van der Waals surface area contributed by atoms with Crippen LogP contribution in [-0.2, 0) is 30.2 Å². The van der Waals surface area contributed by atoms with E-state index in [2.05, 4.69) is 36.4 Å². The van der Waals surface area contributed by atoms with Gasteiger partial charge in [0.25, 0.3) is 0 Å². The first-order chi connectivity index (χ1) is 19.1. The van der Waals surface area contributed by atoms with Crippen LogP contribution < -0.4 is 0 Å². The molecule has 1 aliphatic carbocycles. The van der Waals surface area contributed by atoms with Gasteiger partial charge in [0.2, 0.25) is 0 Å². The van der Waals surface area contributed by atoms with Crippen molar-refractivity contribution in [1.82, 2.24) is 0 Å². The largest absolute Gasteiger partial charge is 0.481 e. The molecule has 7 nitrogen and oxygen atoms in total. The first-order valence-corrected chi connectivity index (χ1v) is 14.9. The summed E-state index contributed by atoms with van der Waals surface area (Å²) >= 11 is 0. The predicted octanol–water partition coefficient (Wildman–Crippen LogP) is 5.81. The number of hydrogen-bond donors (Lipinski definition) is 2. The molecule has 2 heterocycles. The molecule has 2 saturated heterocycles. The van der Waals surface area contributed by atoms with Crippen molar-refractivity contribution in [2.45, 2.75) is 108 Å². The molecule has 39 heavy (non-hydrogen) atoms. The molecule has 7 atom stereocenters. The van der Waals surface area contributed by atoms with Gasteiger partial charge in [-0.25, -0.2) is 0 Å². The molecule has 0 radical (unpaired) electrons. The van der Waals surface area contributed by atoms with Gasteiger partial charge in [-0.2, -0.15) is 0 Å². The zero-order valence-corrected chi connectivity index (χ0v) is 23.1. The maximum absolute atomic E-state index is 11.2. The van der Waals surface area contributed by atoms with Gasteiger partial charge in [0.15, 0.2) is 12.6 Å². The molecule has 4 rings (SSSR count). The highest BCUT2D eigenvalue weighted by atomic mass is 16.7. The van der Waals surface area contributed by atoms with E-state index in [-0.39, 0.29) is 43.0 Å². The normalized spacial score (nSPS) is 30.7. The minimum absolute atomic E-state index is 0.0728. The molecule has 1 saturated carbocycles. The van der Waals surface area contributed by atoms with Crippen LogP contribution in [0.2, 0.25) is 0 Å². The molecule has 3 fully saturated rings. The van der Waals surface area contributed by atoms with Gasteiger partial charge in [-0.05, 0) is 69.3 Å². The number of aliphatic hydroxyl groups is 1. The smallest absolute Gasteiger partial charge is 0.303 e. The number of ether oxygens (including phenoxy) is 4. The summed E-state index contributed by atoms with van der Waals surface area (Å²) in [5.41, 5.74) is 1.20. The summed E-state index contributed by atoms with van der Waals surface area (Å²) in [6, 6.07) is 10.3. The molecule has 216 valence electrons. The lowest BCUT2D eigenvalue weighted by Crippen LogP contribution is -2.31. The first-order valence-electron chi connectivity index (χ1n) is 14.9. The highest BCUT2D eigenvalue weighted by Gasteiger charge is 2.42. The molecule has 2 unspecified atom stereocenters. The van der Waals surface area contributed by atoms with Crippen molar-refractivity contribution >= 4 is 5.97 Å². The summed E-state index contributed by atoms with van der Waals surface area (Å²) < 4.78 is 24.6. The maximum Gasteiger partial charge on any atom is 0.303 e. The number of benzene rings is 1. The summed E-state index contributed by atoms with van der Waals surface area (Å²) in [7, 11) is 0. The fourth-order valence-electron chi connectivity index (χ4n) is 5.87. The lowest BCUT2D eigenvalue weighted by Gasteiger charge is -2.30. The Bertz CT molecular complexity index is 889. The average Bonchev–Trinajstić information content (AvgIpc) is 3.24. The Kier molecular flexibility index (Phi) is 12.5. The highest BCUT2D eigenvalue weighted by molar-refractivity contribution is 5.66. The second-order valence-corrected chi connectivity index (χ2v) is 11.1. The Balaban J connectivity index is 1.45. The predicted molar refractivity (Wildman–Crippen MR) is 149 cm³/mol. The van der Waals surface area contributed by atoms with Crippen molar-refractivity contribution in [2.75, 3.05) is 13.2 Å². The number of rotatable bonds is 14. The molecular formula is C32H46O7. The summed E-state index contributed by atoms with van der Waals surface area (Å²) in [5.74, 6) is -0.739. The third kappa shape index (κ3) is 10.1. The lowest BCUT2D eigenvalue weighted by molar-refractivity contribution is -0.195. The maximum atomic E-state index is 11.2. The van der Waals surface area contributed by atoms with E-state index in [1.54, 1.807) is 0 Å². The molecule has 0 aromatic heterocycles. The number of carbonyl (C=O) groups is 1. The average molecular weight is 543 g/mol. The zero-order valence-electron chi connectivity index (χ0n) is 23.1. The summed E-state index contributed by atoms with van der Waals surface area (Å²) in [5, 5.41) is 20.0. The van der Waals surface area contributed by atoms with Gasteiger partial charge in [0.1, 0.15) is 0 Å². The van der Waals surface area contributed by atoms with Crippen LogP contribution in [0.15, 0.2) is 54.6 Å². The van der Waals surface area contributed by atoms with E-state index >= 15 is 0 Å². The number of aliphatic hydroxyl groups excluding tert-OH is 1. The monoisotopic (exact) mass is 542 g/mol. The van der Waals surface area contributed by atoms with E-state index in [0.717, 1.165) is 71.0 Å². The fourth-order valence-corrected chi connectivity index (χ4v) is 5.87. The Morgan fingerprint density at radius 1 is 1.03 bits per heavy atom. The van der Waals surface area contributed by atoms with Crippen LogP contribution in [-0.4, -0.2) is 60.3 Å². The molecule has 1 aromatic carbocycles. The number of hydrogen-bond acceptors (Lipinski definition) is 6. The molecule has 2 N–H and O–H groups in total. The first kappa shape index (κ1) is 29.9. The van der Waals surface area contributed by atoms with Gasteiger partial charge in [-0.3, -0.25) is 4.79 Å². The van der Waals surface area contributed by atoms with E-state index in [4.69, 9.17) is 24.1 Å². The SMILES string of the molecule is O=C(O)CCC/C=C\C[C@@H]1[C@@H](/C=C/[C@H](Cc2ccccc2)OC2CCCCO2)[C@H](O)C[C@@H]1OC1CCCCO1. The summed E-state index contributed by atoms with van der Waals surface area (Å²) in [6.07, 6.45) is 17.0. The highest BCUT2D eigenvalue weighted by Crippen LogP contribution is 2.39. The second-order valence-electron chi connectivity index (χ2n) is 11.1. The molecular weight excluding hydrogens is 496 g/mol. The number of carboxylic acids is 1. The number of carboxylic acid groups (broad SMARTS) is 1. The minimum Gasteiger partial charge on any atom is -0.481 e. The van der Waals surface area contributed by atoms with Gasteiger partial charge in [-0.1, -0.05) is 54.6 Å². The van der Waals surface area contributed by atoms with E-state index in [0.29, 0.717) is 12.8 Å². The van der Waals surface area contributed by atoms with E-state index in [9.17, 15) is 9.90 Å². The number of unbranched alkanes of at least 4 members (excludes halogenated alkanes) is 1. The zero-order chi connectivity index (χ0) is 27.3. The quantitative estimate of drug-likeness (QED) is 0.226. The topological polar surface area (TPSA) is 94.5 Å². The molecule has 0 bridgehead atoms. The van der Waals surface area contributed by atoms with Crippen molar-refractivity contribution in [3.05, 3.63) is 60.2 Å². The van der Waals surface area contributed by atoms with E-state index in [1.807, 2.05) is 18.2 Å². The molecule has 2 aliphatic heterocycles. The third-order valence-electron chi connectivity index (χ3n) is 7.98. The Morgan fingerprint density at radius 2 is 1.77 bits per heavy atom. The summed E-state index contributed by atoms with van der Waals surface area (Å²) in [6.45, 7) is 1.45. The van der Waals surface area contributed by atoms with Crippen LogP contribution in [0.25, 0.3) is 0 Å². The Morgan fingerprint density at radius 3 is 2.46 bits per heavy atom. The van der Waals surface area contributed by atoms with Crippen LogP contribution in [0.5, 0.6) is 0 Å². The van der Waals surface area contributed by atoms with Crippen molar-refractivity contribution in [1.29, 1.82) is 0 Å². The van der Waals surface area contributed by atoms with Crippen molar-refractivity contribution in [2.24, 2.45) is 11.8 Å². The summed E-state index contributed by atoms with van der Waals surface area (Å²) in [4.78, 5) is 10.8. The van der Waals surface area contributed by atoms with Crippen LogP contribution in [0.1, 0.15) is 76.2 Å². The van der Waals surface area contributed by atoms with E-state index in [1.165, 1.54) is 5.56 Å². The van der Waals surface area contributed by atoms with Crippen molar-refractivity contribution < 1.29 is 34.0 Å². The van der Waals surface area contributed by atoms with Gasteiger partial charge < -0.3 is 29.2 Å². The molecule has 0 spiro atoms. The van der Waals surface area contributed by atoms with Crippen molar-refractivity contribution in [3.63, 3.8) is 0 Å². The molecule has 7 heteroatoms. The third-order valence-corrected chi connectivity index (χ3v) is 7.98. The van der Waals surface area contributed by atoms with Crippen LogP contribution in [0, 0.1) is 11.8 Å². The van der Waals surface area contributed by atoms with Gasteiger partial charge >= 0.3 is 5.97 Å². The van der Waals surface area contributed by atoms with Gasteiger partial charge in [0.05, 0.1) is 18.3 Å². The van der Waals surface area contributed by atoms with Crippen LogP contribution >= 0.6 is 0 Å². The number of allylic oxidation sites excluding steroid dienone is 2. The Labute approximate surface area is 233 Å². The Hall–Kier alpha value is -2.03. The standard InChI is InChI=1S/C32H46O7/c33-28-23-29(39-32-17-9-11-21-37-32)27(14-6-1-2-7-15-30(34)35)26(28)19-18-25(22-24-12-4-3-5-13-24)38-31-16-8-10-20-36-31/h1,3-6,12-13,18-19,25-29,31-33H,2,7-11,14-17,20-23H2,(H,34,35)/b6-1-,19-18+/t25-,26-,27-,28-,29+,31?,32?/m1/s1. The fraction of sp³-hybridized carbons (Fsp3) is 0.656. The van der Waals surface area contributed by atoms with Crippen LogP contribution in [0.4, 0.5) is 0 Å². The second kappa shape index (κ2) is 16.3. The van der Waals surface area contributed by atoms with Gasteiger partial charge in [0, 0.05) is 38.4 Å².